The van der Waals surface area contributed by atoms with Crippen molar-refractivity contribution in [2.75, 3.05) is 0 Å². The Kier molecular flexibility index (Phi) is 3.35. The van der Waals surface area contributed by atoms with Crippen LogP contribution in [0.5, 0.6) is 11.6 Å². The quantitative estimate of drug-likeness (QED) is 0.846. The molecule has 0 unspecified atom stereocenters. The van der Waals surface area contributed by atoms with E-state index in [1.165, 1.54) is 0 Å². The molecular formula is C9H3Cl2F2N3O. The molecule has 4 nitrogen and oxygen atoms in total. The third kappa shape index (κ3) is 2.98. The first kappa shape index (κ1) is 11.9. The molecule has 0 aliphatic rings. The minimum atomic E-state index is -0.788. The summed E-state index contributed by atoms with van der Waals surface area (Å²) in [4.78, 5) is 3.62. The number of ether oxygens (including phenoxy) is 1. The van der Waals surface area contributed by atoms with Gasteiger partial charge in [-0.3, -0.25) is 0 Å². The van der Waals surface area contributed by atoms with Crippen molar-refractivity contribution in [1.82, 2.24) is 15.2 Å². The topological polar surface area (TPSA) is 47.9 Å². The molecule has 1 aromatic heterocycles. The van der Waals surface area contributed by atoms with Crippen LogP contribution in [0.2, 0.25) is 10.4 Å². The van der Waals surface area contributed by atoms with Gasteiger partial charge in [0.15, 0.2) is 0 Å². The number of benzene rings is 1. The Bertz CT molecular complexity index is 548. The molecule has 2 aromatic rings. The SMILES string of the molecule is Fc1cc(F)cc(Oc2nc(Cl)nnc2Cl)c1. The zero-order chi connectivity index (χ0) is 12.4. The lowest BCUT2D eigenvalue weighted by atomic mass is 10.3. The Morgan fingerprint density at radius 3 is 2.29 bits per heavy atom. The van der Waals surface area contributed by atoms with Crippen molar-refractivity contribution in [3.63, 3.8) is 0 Å². The lowest BCUT2D eigenvalue weighted by Gasteiger charge is -2.05. The fraction of sp³-hybridized carbons (Fsp3) is 0. The van der Waals surface area contributed by atoms with Crippen molar-refractivity contribution in [1.29, 1.82) is 0 Å². The smallest absolute Gasteiger partial charge is 0.262 e. The molecule has 88 valence electrons. The van der Waals surface area contributed by atoms with Gasteiger partial charge < -0.3 is 4.74 Å². The molecule has 0 atom stereocenters. The largest absolute Gasteiger partial charge is 0.436 e. The molecule has 0 fully saturated rings. The van der Waals surface area contributed by atoms with Gasteiger partial charge in [0.1, 0.15) is 17.4 Å². The second-order valence-corrected chi connectivity index (χ2v) is 3.58. The van der Waals surface area contributed by atoms with E-state index in [0.717, 1.165) is 12.1 Å². The first-order chi connectivity index (χ1) is 8.04. The highest BCUT2D eigenvalue weighted by Gasteiger charge is 2.10. The fourth-order valence-corrected chi connectivity index (χ4v) is 1.28. The molecule has 2 rings (SSSR count). The number of rotatable bonds is 2. The first-order valence-electron chi connectivity index (χ1n) is 4.24. The van der Waals surface area contributed by atoms with E-state index in [4.69, 9.17) is 27.9 Å². The number of halogens is 4. The van der Waals surface area contributed by atoms with Crippen LogP contribution < -0.4 is 4.74 Å². The summed E-state index contributed by atoms with van der Waals surface area (Å²) in [6.45, 7) is 0. The molecule has 0 amide bonds. The molecule has 0 aliphatic carbocycles. The van der Waals surface area contributed by atoms with Gasteiger partial charge in [-0.05, 0) is 11.6 Å². The summed E-state index contributed by atoms with van der Waals surface area (Å²) in [7, 11) is 0. The van der Waals surface area contributed by atoms with Gasteiger partial charge >= 0.3 is 0 Å². The molecule has 17 heavy (non-hydrogen) atoms. The molecule has 1 aromatic carbocycles. The van der Waals surface area contributed by atoms with Crippen molar-refractivity contribution in [3.05, 3.63) is 40.3 Å². The summed E-state index contributed by atoms with van der Waals surface area (Å²) in [5.74, 6) is -1.87. The van der Waals surface area contributed by atoms with E-state index >= 15 is 0 Å². The highest BCUT2D eigenvalue weighted by Crippen LogP contribution is 2.26. The maximum Gasteiger partial charge on any atom is 0.262 e. The predicted octanol–water partition coefficient (Wildman–Crippen LogP) is 3.25. The van der Waals surface area contributed by atoms with Crippen LogP contribution in [0.25, 0.3) is 0 Å². The van der Waals surface area contributed by atoms with E-state index in [1.807, 2.05) is 0 Å². The summed E-state index contributed by atoms with van der Waals surface area (Å²) in [6, 6.07) is 2.64. The molecule has 0 radical (unpaired) electrons. The number of hydrogen-bond acceptors (Lipinski definition) is 4. The summed E-state index contributed by atoms with van der Waals surface area (Å²) in [6.07, 6.45) is 0. The average Bonchev–Trinajstić information content (AvgIpc) is 2.22. The zero-order valence-electron chi connectivity index (χ0n) is 7.99. The third-order valence-electron chi connectivity index (χ3n) is 1.64. The van der Waals surface area contributed by atoms with Gasteiger partial charge in [-0.2, -0.15) is 4.98 Å². The fourth-order valence-electron chi connectivity index (χ4n) is 1.04. The van der Waals surface area contributed by atoms with Gasteiger partial charge in [-0.1, -0.05) is 11.6 Å². The summed E-state index contributed by atoms with van der Waals surface area (Å²) in [5, 5.41) is 6.43. The van der Waals surface area contributed by atoms with Crippen LogP contribution in [0.4, 0.5) is 8.78 Å². The van der Waals surface area contributed by atoms with Crippen molar-refractivity contribution >= 4 is 23.2 Å². The molecule has 0 bridgehead atoms. The van der Waals surface area contributed by atoms with Crippen LogP contribution in [0, 0.1) is 11.6 Å². The van der Waals surface area contributed by atoms with E-state index in [0.29, 0.717) is 6.07 Å². The molecule has 1 heterocycles. The standard InChI is InChI=1S/C9H3Cl2F2N3O/c10-7-8(14-9(11)16-15-7)17-6-2-4(12)1-5(13)3-6/h1-3H. The highest BCUT2D eigenvalue weighted by molar-refractivity contribution is 6.31. The first-order valence-corrected chi connectivity index (χ1v) is 5.00. The Balaban J connectivity index is 2.34. The van der Waals surface area contributed by atoms with E-state index in [-0.39, 0.29) is 22.1 Å². The van der Waals surface area contributed by atoms with Crippen LogP contribution in [-0.4, -0.2) is 15.2 Å². The monoisotopic (exact) mass is 277 g/mol. The van der Waals surface area contributed by atoms with E-state index in [9.17, 15) is 8.78 Å². The minimum absolute atomic E-state index is 0.110. The molecule has 0 saturated carbocycles. The Labute approximate surface area is 104 Å². The van der Waals surface area contributed by atoms with Crippen molar-refractivity contribution in [3.8, 4) is 11.6 Å². The number of nitrogens with zero attached hydrogens (tertiary/aromatic N) is 3. The summed E-state index contributed by atoms with van der Waals surface area (Å²) < 4.78 is 30.8. The second-order valence-electron chi connectivity index (χ2n) is 2.88. The van der Waals surface area contributed by atoms with E-state index < -0.39 is 11.6 Å². The number of aromatic nitrogens is 3. The average molecular weight is 278 g/mol. The minimum Gasteiger partial charge on any atom is -0.436 e. The van der Waals surface area contributed by atoms with Gasteiger partial charge in [0.25, 0.3) is 5.88 Å². The predicted molar refractivity (Wildman–Crippen MR) is 56.3 cm³/mol. The maximum absolute atomic E-state index is 12.9. The van der Waals surface area contributed by atoms with Crippen molar-refractivity contribution in [2.45, 2.75) is 0 Å². The Morgan fingerprint density at radius 1 is 1.00 bits per heavy atom. The lowest BCUT2D eigenvalue weighted by Crippen LogP contribution is -1.95. The normalized spacial score (nSPS) is 10.4. The third-order valence-corrected chi connectivity index (χ3v) is 2.04. The summed E-state index contributed by atoms with van der Waals surface area (Å²) >= 11 is 11.1. The summed E-state index contributed by atoms with van der Waals surface area (Å²) in [5.41, 5.74) is 0. The second kappa shape index (κ2) is 4.77. The van der Waals surface area contributed by atoms with E-state index in [1.54, 1.807) is 0 Å². The van der Waals surface area contributed by atoms with Crippen LogP contribution in [0.15, 0.2) is 18.2 Å². The molecule has 0 spiro atoms. The van der Waals surface area contributed by atoms with Gasteiger partial charge in [0, 0.05) is 18.2 Å². The van der Waals surface area contributed by atoms with Crippen molar-refractivity contribution < 1.29 is 13.5 Å². The Morgan fingerprint density at radius 2 is 1.65 bits per heavy atom. The Hall–Kier alpha value is -1.53. The molecule has 0 aliphatic heterocycles. The van der Waals surface area contributed by atoms with Gasteiger partial charge in [0.2, 0.25) is 10.4 Å². The lowest BCUT2D eigenvalue weighted by molar-refractivity contribution is 0.446. The van der Waals surface area contributed by atoms with Crippen LogP contribution >= 0.6 is 23.2 Å². The van der Waals surface area contributed by atoms with Crippen LogP contribution in [0.3, 0.4) is 0 Å². The molecule has 8 heteroatoms. The van der Waals surface area contributed by atoms with Gasteiger partial charge in [-0.15, -0.1) is 10.2 Å². The molecular weight excluding hydrogens is 275 g/mol. The van der Waals surface area contributed by atoms with Crippen molar-refractivity contribution in [2.24, 2.45) is 0 Å². The van der Waals surface area contributed by atoms with Crippen LogP contribution in [0.1, 0.15) is 0 Å². The number of hydrogen-bond donors (Lipinski definition) is 0. The van der Waals surface area contributed by atoms with Crippen LogP contribution in [-0.2, 0) is 0 Å². The van der Waals surface area contributed by atoms with Gasteiger partial charge in [0.05, 0.1) is 0 Å². The molecule has 0 saturated heterocycles. The van der Waals surface area contributed by atoms with Gasteiger partial charge in [-0.25, -0.2) is 8.78 Å². The van der Waals surface area contributed by atoms with E-state index in [2.05, 4.69) is 15.2 Å². The highest BCUT2D eigenvalue weighted by atomic mass is 35.5. The molecule has 0 N–H and O–H groups in total. The zero-order valence-corrected chi connectivity index (χ0v) is 9.51. The maximum atomic E-state index is 12.9.